The van der Waals surface area contributed by atoms with Crippen LogP contribution < -0.4 is 5.43 Å². The summed E-state index contributed by atoms with van der Waals surface area (Å²) < 4.78 is 5.69. The Morgan fingerprint density at radius 1 is 1.35 bits per heavy atom. The molecule has 0 bridgehead atoms. The van der Waals surface area contributed by atoms with Gasteiger partial charge in [0, 0.05) is 16.7 Å². The van der Waals surface area contributed by atoms with Crippen molar-refractivity contribution in [2.75, 3.05) is 6.61 Å². The molecule has 6 nitrogen and oxygen atoms in total. The number of halogens is 1. The van der Waals surface area contributed by atoms with Gasteiger partial charge in [0.2, 0.25) is 5.43 Å². The van der Waals surface area contributed by atoms with Gasteiger partial charge in [0.25, 0.3) is 0 Å². The molecule has 2 N–H and O–H groups in total. The number of hydrogen-bond acceptors (Lipinski definition) is 4. The predicted octanol–water partition coefficient (Wildman–Crippen LogP) is 2.34. The normalized spacial score (nSPS) is 11.1. The molecule has 3 aromatic heterocycles. The monoisotopic (exact) mass is 335 g/mol. The Kier molecular flexibility index (Phi) is 3.06. The number of fused-ring (bicyclic) bond motifs is 3. The summed E-state index contributed by atoms with van der Waals surface area (Å²) >= 11 is 3.32. The molecule has 0 unspecified atom stereocenters. The SMILES string of the molecule is CCOC(=O)c1cc(=O)c2[nH]c3cc(Br)cnc3c2[nH]1. The number of aromatic nitrogens is 3. The Morgan fingerprint density at radius 3 is 2.90 bits per heavy atom. The first-order valence-electron chi connectivity index (χ1n) is 5.97. The maximum Gasteiger partial charge on any atom is 0.354 e. The van der Waals surface area contributed by atoms with E-state index in [-0.39, 0.29) is 17.7 Å². The van der Waals surface area contributed by atoms with Crippen LogP contribution in [-0.4, -0.2) is 27.5 Å². The summed E-state index contributed by atoms with van der Waals surface area (Å²) in [6.45, 7) is 1.96. The minimum atomic E-state index is -0.557. The predicted molar refractivity (Wildman–Crippen MR) is 77.9 cm³/mol. The van der Waals surface area contributed by atoms with Gasteiger partial charge >= 0.3 is 5.97 Å². The van der Waals surface area contributed by atoms with Gasteiger partial charge in [-0.05, 0) is 28.9 Å². The summed E-state index contributed by atoms with van der Waals surface area (Å²) in [6, 6.07) is 3.05. The van der Waals surface area contributed by atoms with Crippen LogP contribution in [0.5, 0.6) is 0 Å². The second-order valence-corrected chi connectivity index (χ2v) is 5.11. The summed E-state index contributed by atoms with van der Waals surface area (Å²) in [4.78, 5) is 34.0. The largest absolute Gasteiger partial charge is 0.461 e. The van der Waals surface area contributed by atoms with Crippen molar-refractivity contribution in [3.63, 3.8) is 0 Å². The third-order valence-corrected chi connectivity index (χ3v) is 3.31. The standard InChI is InChI=1S/C13H10BrN3O3/c1-2-20-13(19)8-4-9(18)11-12(17-8)10-7(16-11)3-6(14)5-15-10/h3-5,16H,2H2,1H3,(H,17,18). The molecule has 0 aliphatic rings. The number of ether oxygens (including phenoxy) is 1. The molecule has 20 heavy (non-hydrogen) atoms. The number of H-pyrrole nitrogens is 2. The number of carbonyl (C=O) groups is 1. The molecule has 0 saturated carbocycles. The van der Waals surface area contributed by atoms with Crippen LogP contribution in [0.4, 0.5) is 0 Å². The molecule has 0 saturated heterocycles. The molecule has 102 valence electrons. The van der Waals surface area contributed by atoms with Crippen LogP contribution >= 0.6 is 15.9 Å². The van der Waals surface area contributed by atoms with E-state index in [1.54, 1.807) is 13.1 Å². The fraction of sp³-hybridized carbons (Fsp3) is 0.154. The first kappa shape index (κ1) is 12.9. The van der Waals surface area contributed by atoms with Crippen molar-refractivity contribution >= 4 is 44.0 Å². The zero-order chi connectivity index (χ0) is 14.3. The van der Waals surface area contributed by atoms with E-state index in [0.29, 0.717) is 22.1 Å². The van der Waals surface area contributed by atoms with Gasteiger partial charge in [-0.25, -0.2) is 4.79 Å². The lowest BCUT2D eigenvalue weighted by atomic mass is 10.3. The molecule has 3 aromatic rings. The highest BCUT2D eigenvalue weighted by Gasteiger charge is 2.14. The van der Waals surface area contributed by atoms with Crippen molar-refractivity contribution in [1.82, 2.24) is 15.0 Å². The van der Waals surface area contributed by atoms with Crippen molar-refractivity contribution in [1.29, 1.82) is 0 Å². The molecule has 0 fully saturated rings. The summed E-state index contributed by atoms with van der Waals surface area (Å²) in [7, 11) is 0. The highest BCUT2D eigenvalue weighted by Crippen LogP contribution is 2.22. The number of aromatic amines is 2. The van der Waals surface area contributed by atoms with Crippen LogP contribution in [0.2, 0.25) is 0 Å². The van der Waals surface area contributed by atoms with E-state index in [4.69, 9.17) is 4.74 Å². The molecule has 0 aliphatic carbocycles. The Bertz CT molecular complexity index is 882. The van der Waals surface area contributed by atoms with Crippen LogP contribution in [0.25, 0.3) is 22.1 Å². The van der Waals surface area contributed by atoms with Crippen LogP contribution in [-0.2, 0) is 4.74 Å². The maximum atomic E-state index is 12.1. The molecular formula is C13H10BrN3O3. The Morgan fingerprint density at radius 2 is 2.15 bits per heavy atom. The van der Waals surface area contributed by atoms with Gasteiger partial charge in [-0.1, -0.05) is 0 Å². The van der Waals surface area contributed by atoms with Gasteiger partial charge in [0.15, 0.2) is 0 Å². The van der Waals surface area contributed by atoms with E-state index in [1.807, 2.05) is 6.07 Å². The first-order valence-corrected chi connectivity index (χ1v) is 6.77. The number of nitrogens with one attached hydrogen (secondary N) is 2. The van der Waals surface area contributed by atoms with Crippen molar-refractivity contribution in [3.05, 3.63) is 38.7 Å². The molecule has 0 aliphatic heterocycles. The average Bonchev–Trinajstić information content (AvgIpc) is 2.77. The third kappa shape index (κ3) is 2.00. The summed E-state index contributed by atoms with van der Waals surface area (Å²) in [6.07, 6.45) is 1.63. The Hall–Kier alpha value is -2.15. The van der Waals surface area contributed by atoms with Crippen LogP contribution in [0.15, 0.2) is 27.6 Å². The second kappa shape index (κ2) is 4.75. The number of carbonyl (C=O) groups excluding carboxylic acids is 1. The van der Waals surface area contributed by atoms with Crippen LogP contribution in [0.3, 0.4) is 0 Å². The smallest absolute Gasteiger partial charge is 0.354 e. The molecule has 0 spiro atoms. The van der Waals surface area contributed by atoms with Crippen molar-refractivity contribution in [3.8, 4) is 0 Å². The quantitative estimate of drug-likeness (QED) is 0.703. The van der Waals surface area contributed by atoms with Crippen molar-refractivity contribution < 1.29 is 9.53 Å². The van der Waals surface area contributed by atoms with Crippen LogP contribution in [0.1, 0.15) is 17.4 Å². The van der Waals surface area contributed by atoms with E-state index in [0.717, 1.165) is 4.47 Å². The number of pyridine rings is 2. The lowest BCUT2D eigenvalue weighted by molar-refractivity contribution is 0.0520. The fourth-order valence-corrected chi connectivity index (χ4v) is 2.38. The maximum absolute atomic E-state index is 12.1. The summed E-state index contributed by atoms with van der Waals surface area (Å²) in [5.74, 6) is -0.557. The lowest BCUT2D eigenvalue weighted by Crippen LogP contribution is -2.12. The number of hydrogen-bond donors (Lipinski definition) is 2. The highest BCUT2D eigenvalue weighted by molar-refractivity contribution is 9.10. The van der Waals surface area contributed by atoms with Gasteiger partial charge in [0.1, 0.15) is 16.7 Å². The highest BCUT2D eigenvalue weighted by atomic mass is 79.9. The second-order valence-electron chi connectivity index (χ2n) is 4.19. The van der Waals surface area contributed by atoms with E-state index in [1.165, 1.54) is 6.07 Å². The van der Waals surface area contributed by atoms with E-state index >= 15 is 0 Å². The van der Waals surface area contributed by atoms with Crippen molar-refractivity contribution in [2.45, 2.75) is 6.92 Å². The molecule has 0 atom stereocenters. The molecule has 0 radical (unpaired) electrons. The minimum Gasteiger partial charge on any atom is -0.461 e. The van der Waals surface area contributed by atoms with Gasteiger partial charge in [0.05, 0.1) is 17.6 Å². The van der Waals surface area contributed by atoms with Crippen molar-refractivity contribution in [2.24, 2.45) is 0 Å². The first-order chi connectivity index (χ1) is 9.60. The van der Waals surface area contributed by atoms with Crippen LogP contribution in [0, 0.1) is 0 Å². The molecule has 3 heterocycles. The third-order valence-electron chi connectivity index (χ3n) is 2.88. The minimum absolute atomic E-state index is 0.120. The molecule has 3 rings (SSSR count). The van der Waals surface area contributed by atoms with Gasteiger partial charge in [-0.2, -0.15) is 0 Å². The Labute approximate surface area is 121 Å². The van der Waals surface area contributed by atoms with Gasteiger partial charge in [-0.15, -0.1) is 0 Å². The molecular weight excluding hydrogens is 326 g/mol. The lowest BCUT2D eigenvalue weighted by Gasteiger charge is -2.01. The summed E-state index contributed by atoms with van der Waals surface area (Å²) in [5.41, 5.74) is 2.04. The fourth-order valence-electron chi connectivity index (χ4n) is 2.05. The zero-order valence-corrected chi connectivity index (χ0v) is 12.1. The Balaban J connectivity index is 2.32. The van der Waals surface area contributed by atoms with E-state index < -0.39 is 5.97 Å². The average molecular weight is 336 g/mol. The molecule has 0 amide bonds. The molecule has 0 aromatic carbocycles. The van der Waals surface area contributed by atoms with E-state index in [2.05, 4.69) is 30.9 Å². The van der Waals surface area contributed by atoms with Gasteiger partial charge < -0.3 is 14.7 Å². The van der Waals surface area contributed by atoms with Gasteiger partial charge in [-0.3, -0.25) is 9.78 Å². The molecule has 7 heteroatoms. The zero-order valence-electron chi connectivity index (χ0n) is 10.5. The number of nitrogens with zero attached hydrogens (tertiary/aromatic N) is 1. The number of esters is 1. The number of rotatable bonds is 2. The van der Waals surface area contributed by atoms with E-state index in [9.17, 15) is 9.59 Å². The topological polar surface area (TPSA) is 87.8 Å². The summed E-state index contributed by atoms with van der Waals surface area (Å²) in [5, 5.41) is 0.